The number of hydrogen-bond donors (Lipinski definition) is 2. The van der Waals surface area contributed by atoms with Crippen molar-refractivity contribution >= 4 is 34.8 Å². The zero-order valence-corrected chi connectivity index (χ0v) is 8.87. The fourth-order valence-electron chi connectivity index (χ4n) is 0.990. The molecular formula is C8H8Cl3NO. The summed E-state index contributed by atoms with van der Waals surface area (Å²) in [5, 5.41) is 10.5. The molecular weight excluding hydrogens is 232 g/mol. The standard InChI is InChI=1S/C8H8Cl3NO/c9-4-1-5(10)8(6(11)2-4)7(13)3-12/h1-2,7,13H,3,12H2/t7-/m0/s1. The zero-order chi connectivity index (χ0) is 10.0. The van der Waals surface area contributed by atoms with Crippen LogP contribution in [0.15, 0.2) is 12.1 Å². The van der Waals surface area contributed by atoms with Gasteiger partial charge in [0.1, 0.15) is 0 Å². The molecule has 0 fully saturated rings. The summed E-state index contributed by atoms with van der Waals surface area (Å²) in [4.78, 5) is 0. The molecule has 0 radical (unpaired) electrons. The van der Waals surface area contributed by atoms with Crippen LogP contribution >= 0.6 is 34.8 Å². The third kappa shape index (κ3) is 2.48. The van der Waals surface area contributed by atoms with Crippen LogP contribution in [-0.2, 0) is 0 Å². The molecule has 1 aromatic carbocycles. The molecule has 1 rings (SSSR count). The maximum Gasteiger partial charge on any atom is 0.0941 e. The highest BCUT2D eigenvalue weighted by atomic mass is 35.5. The normalized spacial score (nSPS) is 13.0. The molecule has 0 heterocycles. The van der Waals surface area contributed by atoms with Crippen LogP contribution in [0.25, 0.3) is 0 Å². The maximum absolute atomic E-state index is 9.44. The molecule has 0 saturated heterocycles. The second-order valence-corrected chi connectivity index (χ2v) is 3.79. The van der Waals surface area contributed by atoms with Crippen LogP contribution in [0.5, 0.6) is 0 Å². The largest absolute Gasteiger partial charge is 0.387 e. The van der Waals surface area contributed by atoms with Gasteiger partial charge in [-0.15, -0.1) is 0 Å². The van der Waals surface area contributed by atoms with E-state index < -0.39 is 6.10 Å². The van der Waals surface area contributed by atoms with Crippen LogP contribution in [-0.4, -0.2) is 11.7 Å². The Kier molecular flexibility index (Phi) is 3.83. The van der Waals surface area contributed by atoms with Gasteiger partial charge in [0.05, 0.1) is 6.10 Å². The lowest BCUT2D eigenvalue weighted by molar-refractivity contribution is 0.187. The van der Waals surface area contributed by atoms with Gasteiger partial charge in [0.2, 0.25) is 0 Å². The van der Waals surface area contributed by atoms with Crippen LogP contribution < -0.4 is 5.73 Å². The molecule has 0 saturated carbocycles. The molecule has 2 nitrogen and oxygen atoms in total. The Morgan fingerprint density at radius 2 is 1.69 bits per heavy atom. The van der Waals surface area contributed by atoms with Crippen molar-refractivity contribution in [2.24, 2.45) is 5.73 Å². The van der Waals surface area contributed by atoms with Crippen molar-refractivity contribution in [1.29, 1.82) is 0 Å². The molecule has 0 amide bonds. The van der Waals surface area contributed by atoms with Crippen LogP contribution in [0.1, 0.15) is 11.7 Å². The average Bonchev–Trinajstić information content (AvgIpc) is 2.02. The number of aliphatic hydroxyl groups excluding tert-OH is 1. The summed E-state index contributed by atoms with van der Waals surface area (Å²) in [5.41, 5.74) is 5.71. The van der Waals surface area contributed by atoms with E-state index in [9.17, 15) is 5.11 Å². The lowest BCUT2D eigenvalue weighted by atomic mass is 10.1. The van der Waals surface area contributed by atoms with E-state index in [4.69, 9.17) is 40.5 Å². The Morgan fingerprint density at radius 1 is 1.23 bits per heavy atom. The van der Waals surface area contributed by atoms with Gasteiger partial charge in [-0.25, -0.2) is 0 Å². The Hall–Kier alpha value is 0.01000. The van der Waals surface area contributed by atoms with Gasteiger partial charge in [0, 0.05) is 27.2 Å². The van der Waals surface area contributed by atoms with Gasteiger partial charge in [0.15, 0.2) is 0 Å². The summed E-state index contributed by atoms with van der Waals surface area (Å²) in [6.07, 6.45) is -0.850. The zero-order valence-electron chi connectivity index (χ0n) is 6.60. The van der Waals surface area contributed by atoms with Gasteiger partial charge < -0.3 is 10.8 Å². The molecule has 0 aromatic heterocycles. The van der Waals surface area contributed by atoms with Gasteiger partial charge in [-0.3, -0.25) is 0 Å². The first-order chi connectivity index (χ1) is 6.06. The van der Waals surface area contributed by atoms with Crippen molar-refractivity contribution < 1.29 is 5.11 Å². The molecule has 72 valence electrons. The summed E-state index contributed by atoms with van der Waals surface area (Å²) in [6.45, 7) is 0.0705. The molecule has 1 atom stereocenters. The number of benzene rings is 1. The Bertz CT molecular complexity index is 293. The predicted octanol–water partition coefficient (Wildman–Crippen LogP) is 2.64. The SMILES string of the molecule is NC[C@H](O)c1c(Cl)cc(Cl)cc1Cl. The van der Waals surface area contributed by atoms with Crippen molar-refractivity contribution in [3.05, 3.63) is 32.8 Å². The van der Waals surface area contributed by atoms with E-state index in [-0.39, 0.29) is 6.54 Å². The topological polar surface area (TPSA) is 46.2 Å². The van der Waals surface area contributed by atoms with Crippen molar-refractivity contribution in [3.8, 4) is 0 Å². The van der Waals surface area contributed by atoms with E-state index in [0.29, 0.717) is 20.6 Å². The monoisotopic (exact) mass is 239 g/mol. The first-order valence-corrected chi connectivity index (χ1v) is 4.72. The molecule has 13 heavy (non-hydrogen) atoms. The summed E-state index contributed by atoms with van der Waals surface area (Å²) < 4.78 is 0. The highest BCUT2D eigenvalue weighted by Gasteiger charge is 2.14. The average molecular weight is 241 g/mol. The number of hydrogen-bond acceptors (Lipinski definition) is 2. The second kappa shape index (κ2) is 4.49. The summed E-state index contributed by atoms with van der Waals surface area (Å²) >= 11 is 17.3. The summed E-state index contributed by atoms with van der Waals surface area (Å²) in [5.74, 6) is 0. The van der Waals surface area contributed by atoms with Gasteiger partial charge in [-0.05, 0) is 12.1 Å². The molecule has 0 spiro atoms. The van der Waals surface area contributed by atoms with E-state index in [1.54, 1.807) is 0 Å². The molecule has 1 aromatic rings. The highest BCUT2D eigenvalue weighted by Crippen LogP contribution is 2.32. The lowest BCUT2D eigenvalue weighted by Gasteiger charge is -2.12. The van der Waals surface area contributed by atoms with Crippen molar-refractivity contribution in [1.82, 2.24) is 0 Å². The third-order valence-corrected chi connectivity index (χ3v) is 2.44. The molecule has 0 aliphatic rings. The van der Waals surface area contributed by atoms with Crippen LogP contribution in [0.4, 0.5) is 0 Å². The first kappa shape index (κ1) is 11.1. The molecule has 0 bridgehead atoms. The fraction of sp³-hybridized carbons (Fsp3) is 0.250. The Balaban J connectivity index is 3.20. The molecule has 0 aliphatic carbocycles. The number of rotatable bonds is 2. The minimum Gasteiger partial charge on any atom is -0.387 e. The minimum atomic E-state index is -0.850. The van der Waals surface area contributed by atoms with Crippen LogP contribution in [0, 0.1) is 0 Å². The van der Waals surface area contributed by atoms with Crippen molar-refractivity contribution in [2.75, 3.05) is 6.54 Å². The first-order valence-electron chi connectivity index (χ1n) is 3.59. The molecule has 5 heteroatoms. The predicted molar refractivity (Wildman–Crippen MR) is 55.5 cm³/mol. The minimum absolute atomic E-state index is 0.0705. The van der Waals surface area contributed by atoms with E-state index in [1.807, 2.05) is 0 Å². The fourth-order valence-corrected chi connectivity index (χ4v) is 2.06. The van der Waals surface area contributed by atoms with E-state index >= 15 is 0 Å². The van der Waals surface area contributed by atoms with Gasteiger partial charge in [-0.2, -0.15) is 0 Å². The summed E-state index contributed by atoms with van der Waals surface area (Å²) in [6, 6.07) is 3.03. The van der Waals surface area contributed by atoms with E-state index in [0.717, 1.165) is 0 Å². The van der Waals surface area contributed by atoms with Gasteiger partial charge in [0.25, 0.3) is 0 Å². The Labute approximate surface area is 91.2 Å². The van der Waals surface area contributed by atoms with Gasteiger partial charge >= 0.3 is 0 Å². The second-order valence-electron chi connectivity index (χ2n) is 2.53. The van der Waals surface area contributed by atoms with Crippen LogP contribution in [0.2, 0.25) is 15.1 Å². The van der Waals surface area contributed by atoms with E-state index in [2.05, 4.69) is 0 Å². The smallest absolute Gasteiger partial charge is 0.0941 e. The summed E-state index contributed by atoms with van der Waals surface area (Å²) in [7, 11) is 0. The maximum atomic E-state index is 9.44. The molecule has 0 unspecified atom stereocenters. The number of nitrogens with two attached hydrogens (primary N) is 1. The quantitative estimate of drug-likeness (QED) is 0.835. The third-order valence-electron chi connectivity index (χ3n) is 1.60. The number of halogens is 3. The van der Waals surface area contributed by atoms with E-state index in [1.165, 1.54) is 12.1 Å². The highest BCUT2D eigenvalue weighted by molar-refractivity contribution is 6.39. The number of aliphatic hydroxyl groups is 1. The Morgan fingerprint density at radius 3 is 2.08 bits per heavy atom. The van der Waals surface area contributed by atoms with Crippen molar-refractivity contribution in [2.45, 2.75) is 6.10 Å². The van der Waals surface area contributed by atoms with Gasteiger partial charge in [-0.1, -0.05) is 34.8 Å². The van der Waals surface area contributed by atoms with Crippen molar-refractivity contribution in [3.63, 3.8) is 0 Å². The molecule has 0 aliphatic heterocycles. The van der Waals surface area contributed by atoms with Crippen LogP contribution in [0.3, 0.4) is 0 Å². The lowest BCUT2D eigenvalue weighted by Crippen LogP contribution is -2.12. The molecule has 3 N–H and O–H groups in total.